The minimum Gasteiger partial charge on any atom is -0.493 e. The summed E-state index contributed by atoms with van der Waals surface area (Å²) in [6.45, 7) is 9.60. The van der Waals surface area contributed by atoms with Crippen LogP contribution in [0, 0.1) is 0 Å². The highest BCUT2D eigenvalue weighted by Gasteiger charge is 2.21. The monoisotopic (exact) mass is 326 g/mol. The summed E-state index contributed by atoms with van der Waals surface area (Å²) in [4.78, 5) is 2.44. The summed E-state index contributed by atoms with van der Waals surface area (Å²) < 4.78 is 6.83. The summed E-state index contributed by atoms with van der Waals surface area (Å²) in [5.41, 5.74) is 1.28. The zero-order valence-electron chi connectivity index (χ0n) is 11.8. The molecule has 0 bridgehead atoms. The lowest BCUT2D eigenvalue weighted by atomic mass is 10.0. The van der Waals surface area contributed by atoms with E-state index >= 15 is 0 Å². The number of likely N-dealkylation sites (N-methyl/N-ethyl adjacent to an activating group) is 1. The minimum atomic E-state index is 0.414. The van der Waals surface area contributed by atoms with Gasteiger partial charge in [-0.3, -0.25) is 0 Å². The lowest BCUT2D eigenvalue weighted by molar-refractivity contribution is 0.243. The summed E-state index contributed by atoms with van der Waals surface area (Å²) in [5.74, 6) is 1.02. The highest BCUT2D eigenvalue weighted by Crippen LogP contribution is 2.33. The Labute approximate surface area is 124 Å². The van der Waals surface area contributed by atoms with Gasteiger partial charge in [-0.2, -0.15) is 0 Å². The van der Waals surface area contributed by atoms with Gasteiger partial charge in [-0.1, -0.05) is 29.8 Å². The molecular weight excluding hydrogens is 304 g/mol. The molecular formula is C15H23BrN2O. The maximum absolute atomic E-state index is 5.71. The first-order valence-corrected chi connectivity index (χ1v) is 7.91. The van der Waals surface area contributed by atoms with Crippen LogP contribution in [0.3, 0.4) is 0 Å². The summed E-state index contributed by atoms with van der Waals surface area (Å²) in [6, 6.07) is 6.68. The van der Waals surface area contributed by atoms with Gasteiger partial charge in [0.25, 0.3) is 0 Å². The highest BCUT2D eigenvalue weighted by atomic mass is 79.9. The Hall–Kier alpha value is -0.580. The van der Waals surface area contributed by atoms with Gasteiger partial charge in [-0.15, -0.1) is 0 Å². The van der Waals surface area contributed by atoms with Crippen molar-refractivity contribution >= 4 is 15.9 Å². The van der Waals surface area contributed by atoms with E-state index < -0.39 is 0 Å². The summed E-state index contributed by atoms with van der Waals surface area (Å²) in [6.07, 6.45) is 1.04. The maximum atomic E-state index is 5.71. The largest absolute Gasteiger partial charge is 0.493 e. The standard InChI is InChI=1S/C15H23BrN2O/c1-3-18(4-2)9-8-17-14-7-10-19-15-6-5-12(16)11-13(14)15/h5-6,11,14,17H,3-4,7-10H2,1-2H3. The Morgan fingerprint density at radius 3 is 2.89 bits per heavy atom. The molecule has 0 radical (unpaired) electrons. The Kier molecular flexibility index (Phi) is 5.67. The third-order valence-electron chi connectivity index (χ3n) is 3.72. The molecule has 1 aromatic rings. The average Bonchev–Trinajstić information content (AvgIpc) is 2.44. The molecule has 1 atom stereocenters. The molecule has 0 fully saturated rings. The summed E-state index contributed by atoms with van der Waals surface area (Å²) >= 11 is 3.54. The zero-order chi connectivity index (χ0) is 13.7. The van der Waals surface area contributed by atoms with Gasteiger partial charge in [-0.05, 0) is 31.3 Å². The number of nitrogens with zero attached hydrogens (tertiary/aromatic N) is 1. The number of rotatable bonds is 6. The van der Waals surface area contributed by atoms with Crippen molar-refractivity contribution in [2.45, 2.75) is 26.3 Å². The van der Waals surface area contributed by atoms with Crippen LogP contribution in [-0.4, -0.2) is 37.7 Å². The normalized spacial score (nSPS) is 18.2. The molecule has 1 aromatic carbocycles. The summed E-state index contributed by atoms with van der Waals surface area (Å²) in [5, 5.41) is 3.66. The SMILES string of the molecule is CCN(CC)CCNC1CCOc2ccc(Br)cc21. The molecule has 0 aromatic heterocycles. The van der Waals surface area contributed by atoms with Gasteiger partial charge in [0.1, 0.15) is 5.75 Å². The van der Waals surface area contributed by atoms with Crippen LogP contribution < -0.4 is 10.1 Å². The van der Waals surface area contributed by atoms with Gasteiger partial charge in [0.2, 0.25) is 0 Å². The molecule has 1 aliphatic heterocycles. The molecule has 1 heterocycles. The molecule has 1 aliphatic rings. The number of ether oxygens (including phenoxy) is 1. The third-order valence-corrected chi connectivity index (χ3v) is 4.22. The molecule has 106 valence electrons. The summed E-state index contributed by atoms with van der Waals surface area (Å²) in [7, 11) is 0. The predicted octanol–water partition coefficient (Wildman–Crippen LogP) is 3.20. The second-order valence-corrected chi connectivity index (χ2v) is 5.77. The van der Waals surface area contributed by atoms with Crippen LogP contribution in [-0.2, 0) is 0 Å². The van der Waals surface area contributed by atoms with E-state index in [1.807, 2.05) is 6.07 Å². The van der Waals surface area contributed by atoms with Crippen molar-refractivity contribution in [3.05, 3.63) is 28.2 Å². The van der Waals surface area contributed by atoms with Gasteiger partial charge >= 0.3 is 0 Å². The van der Waals surface area contributed by atoms with Crippen molar-refractivity contribution in [2.24, 2.45) is 0 Å². The van der Waals surface area contributed by atoms with Crippen LogP contribution in [0.25, 0.3) is 0 Å². The van der Waals surface area contributed by atoms with Crippen LogP contribution in [0.1, 0.15) is 31.9 Å². The number of hydrogen-bond donors (Lipinski definition) is 1. The lowest BCUT2D eigenvalue weighted by Gasteiger charge is -2.28. The van der Waals surface area contributed by atoms with Crippen LogP contribution in [0.4, 0.5) is 0 Å². The van der Waals surface area contributed by atoms with Crippen molar-refractivity contribution in [1.29, 1.82) is 0 Å². The van der Waals surface area contributed by atoms with Crippen LogP contribution >= 0.6 is 15.9 Å². The topological polar surface area (TPSA) is 24.5 Å². The number of nitrogens with one attached hydrogen (secondary N) is 1. The first-order chi connectivity index (χ1) is 9.24. The van der Waals surface area contributed by atoms with Crippen molar-refractivity contribution in [3.8, 4) is 5.75 Å². The first-order valence-electron chi connectivity index (χ1n) is 7.12. The van der Waals surface area contributed by atoms with Crippen LogP contribution in [0.15, 0.2) is 22.7 Å². The second-order valence-electron chi connectivity index (χ2n) is 4.85. The fourth-order valence-electron chi connectivity index (χ4n) is 2.51. The van der Waals surface area contributed by atoms with Crippen molar-refractivity contribution in [1.82, 2.24) is 10.2 Å². The second kappa shape index (κ2) is 7.27. The smallest absolute Gasteiger partial charge is 0.124 e. The van der Waals surface area contributed by atoms with E-state index in [2.05, 4.69) is 52.1 Å². The Balaban J connectivity index is 1.94. The van der Waals surface area contributed by atoms with Crippen LogP contribution in [0.2, 0.25) is 0 Å². The molecule has 0 aliphatic carbocycles. The quantitative estimate of drug-likeness (QED) is 0.868. The third kappa shape index (κ3) is 3.94. The van der Waals surface area contributed by atoms with Gasteiger partial charge in [0.05, 0.1) is 6.61 Å². The molecule has 0 amide bonds. The molecule has 19 heavy (non-hydrogen) atoms. The number of halogens is 1. The van der Waals surface area contributed by atoms with Crippen molar-refractivity contribution in [3.63, 3.8) is 0 Å². The van der Waals surface area contributed by atoms with E-state index in [0.29, 0.717) is 6.04 Å². The van der Waals surface area contributed by atoms with E-state index in [-0.39, 0.29) is 0 Å². The lowest BCUT2D eigenvalue weighted by Crippen LogP contribution is -2.35. The van der Waals surface area contributed by atoms with Gasteiger partial charge in [0.15, 0.2) is 0 Å². The van der Waals surface area contributed by atoms with E-state index in [1.165, 1.54) is 5.56 Å². The minimum absolute atomic E-state index is 0.414. The fourth-order valence-corrected chi connectivity index (χ4v) is 2.89. The van der Waals surface area contributed by atoms with E-state index in [4.69, 9.17) is 4.74 Å². The Morgan fingerprint density at radius 2 is 2.16 bits per heavy atom. The fraction of sp³-hybridized carbons (Fsp3) is 0.600. The molecule has 0 saturated heterocycles. The Morgan fingerprint density at radius 1 is 1.37 bits per heavy atom. The first kappa shape index (κ1) is 14.8. The number of fused-ring (bicyclic) bond motifs is 1. The molecule has 0 saturated carbocycles. The average molecular weight is 327 g/mol. The van der Waals surface area contributed by atoms with E-state index in [0.717, 1.165) is 49.4 Å². The van der Waals surface area contributed by atoms with Gasteiger partial charge < -0.3 is 15.0 Å². The molecule has 4 heteroatoms. The Bertz CT molecular complexity index is 407. The van der Waals surface area contributed by atoms with Crippen molar-refractivity contribution < 1.29 is 4.74 Å². The van der Waals surface area contributed by atoms with E-state index in [1.54, 1.807) is 0 Å². The van der Waals surface area contributed by atoms with Gasteiger partial charge in [-0.25, -0.2) is 0 Å². The van der Waals surface area contributed by atoms with E-state index in [9.17, 15) is 0 Å². The van der Waals surface area contributed by atoms with Crippen LogP contribution in [0.5, 0.6) is 5.75 Å². The number of hydrogen-bond acceptors (Lipinski definition) is 3. The van der Waals surface area contributed by atoms with Gasteiger partial charge in [0, 0.05) is 35.6 Å². The maximum Gasteiger partial charge on any atom is 0.124 e. The molecule has 1 N–H and O–H groups in total. The molecule has 3 nitrogen and oxygen atoms in total. The zero-order valence-corrected chi connectivity index (χ0v) is 13.4. The van der Waals surface area contributed by atoms with Crippen molar-refractivity contribution in [2.75, 3.05) is 32.8 Å². The molecule has 2 rings (SSSR count). The molecule has 0 spiro atoms. The predicted molar refractivity (Wildman–Crippen MR) is 82.8 cm³/mol. The molecule has 1 unspecified atom stereocenters. The number of benzene rings is 1. The highest BCUT2D eigenvalue weighted by molar-refractivity contribution is 9.10.